The van der Waals surface area contributed by atoms with Crippen LogP contribution in [-0.4, -0.2) is 94.8 Å². The first kappa shape index (κ1) is 39.2. The number of ketones is 1. The number of rotatable bonds is 10. The number of amides is 5. The average molecular weight is 716 g/mol. The fourth-order valence-electron chi connectivity index (χ4n) is 5.88. The van der Waals surface area contributed by atoms with Crippen LogP contribution >= 0.6 is 0 Å². The number of hydrogen-bond acceptors (Lipinski definition) is 10. The number of hydrogen-bond donors (Lipinski definition) is 2. The van der Waals surface area contributed by atoms with Gasteiger partial charge < -0.3 is 24.6 Å². The molecule has 5 atom stereocenters. The molecule has 0 aromatic heterocycles. The van der Waals surface area contributed by atoms with Crippen LogP contribution in [0.15, 0.2) is 91.0 Å². The lowest BCUT2D eigenvalue weighted by Gasteiger charge is -2.24. The van der Waals surface area contributed by atoms with Crippen LogP contribution in [-0.2, 0) is 47.9 Å². The van der Waals surface area contributed by atoms with E-state index in [9.17, 15) is 33.9 Å². The van der Waals surface area contributed by atoms with Crippen molar-refractivity contribution in [3.63, 3.8) is 0 Å². The maximum Gasteiger partial charge on any atom is 0.416 e. The summed E-state index contributed by atoms with van der Waals surface area (Å²) in [6.07, 6.45) is -0.683. The van der Waals surface area contributed by atoms with Crippen LogP contribution in [0, 0.1) is 5.92 Å². The van der Waals surface area contributed by atoms with Gasteiger partial charge in [-0.2, -0.15) is 0 Å². The maximum atomic E-state index is 12.4. The molecule has 5 amide bonds. The van der Waals surface area contributed by atoms with Gasteiger partial charge in [0.25, 0.3) is 0 Å². The molecule has 5 unspecified atom stereocenters. The van der Waals surface area contributed by atoms with Gasteiger partial charge in [-0.3, -0.25) is 14.4 Å². The second-order valence-electron chi connectivity index (χ2n) is 12.6. The number of carbonyl (C=O) groups excluding carboxylic acids is 6. The second-order valence-corrected chi connectivity index (χ2v) is 12.6. The van der Waals surface area contributed by atoms with Crippen molar-refractivity contribution in [2.24, 2.45) is 5.92 Å². The summed E-state index contributed by atoms with van der Waals surface area (Å²) in [6, 6.07) is 28.8. The number of Topliss-reactive ketones (excluding diaryl/α,β-unsaturated/α-hetero) is 1. The minimum Gasteiger partial charge on any atom is -0.447 e. The van der Waals surface area contributed by atoms with Crippen LogP contribution in [0.1, 0.15) is 43.9 Å². The lowest BCUT2D eigenvalue weighted by molar-refractivity contribution is -0.142. The van der Waals surface area contributed by atoms with Gasteiger partial charge >= 0.3 is 18.3 Å². The van der Waals surface area contributed by atoms with Crippen molar-refractivity contribution in [3.05, 3.63) is 108 Å². The third kappa shape index (κ3) is 11.0. The van der Waals surface area contributed by atoms with Crippen LogP contribution in [0.4, 0.5) is 14.4 Å². The van der Waals surface area contributed by atoms with Crippen LogP contribution in [0.5, 0.6) is 0 Å². The Labute approximate surface area is 302 Å². The molecule has 3 aromatic rings. The smallest absolute Gasteiger partial charge is 0.416 e. The van der Waals surface area contributed by atoms with E-state index in [1.165, 1.54) is 24.3 Å². The average Bonchev–Trinajstić information content (AvgIpc) is 3.85. The summed E-state index contributed by atoms with van der Waals surface area (Å²) in [5, 5.41) is 12.5. The molecule has 3 saturated heterocycles. The van der Waals surface area contributed by atoms with Gasteiger partial charge in [-0.1, -0.05) is 105 Å². The van der Waals surface area contributed by atoms with Crippen LogP contribution in [0.25, 0.3) is 0 Å². The predicted octanol–water partition coefficient (Wildman–Crippen LogP) is 4.49. The Hall–Kier alpha value is -5.56. The fraction of sp³-hybridized carbons (Fsp3) is 0.385. The molecule has 0 spiro atoms. The number of alkyl carbamates (subject to hydrolysis) is 1. The van der Waals surface area contributed by atoms with Crippen molar-refractivity contribution in [2.75, 3.05) is 19.8 Å². The molecule has 6 rings (SSSR count). The lowest BCUT2D eigenvalue weighted by atomic mass is 9.98. The van der Waals surface area contributed by atoms with E-state index in [-0.39, 0.29) is 30.7 Å². The predicted molar refractivity (Wildman–Crippen MR) is 189 cm³/mol. The minimum absolute atomic E-state index is 0.113. The van der Waals surface area contributed by atoms with Gasteiger partial charge in [-0.25, -0.2) is 24.2 Å². The molecule has 52 heavy (non-hydrogen) atoms. The highest BCUT2D eigenvalue weighted by atomic mass is 16.6. The quantitative estimate of drug-likeness (QED) is 0.286. The van der Waals surface area contributed by atoms with E-state index in [4.69, 9.17) is 14.2 Å². The first-order chi connectivity index (χ1) is 25.0. The summed E-state index contributed by atoms with van der Waals surface area (Å²) in [4.78, 5) is 71.5. The highest BCUT2D eigenvalue weighted by Gasteiger charge is 2.42. The molecule has 2 N–H and O–H groups in total. The van der Waals surface area contributed by atoms with Crippen molar-refractivity contribution < 1.29 is 48.1 Å². The lowest BCUT2D eigenvalue weighted by Crippen LogP contribution is -2.46. The van der Waals surface area contributed by atoms with Crippen molar-refractivity contribution in [3.8, 4) is 0 Å². The summed E-state index contributed by atoms with van der Waals surface area (Å²) in [7, 11) is 0. The number of cyclic esters (lactones) is 3. The Morgan fingerprint density at radius 1 is 0.712 bits per heavy atom. The Bertz CT molecular complexity index is 1670. The SMILES string of the molecule is CC(=O)C(O)C(C)C(=O)N1C(=O)OCC1Cc1ccccc1.CCC(=O)N1C(=O)OCC1Cc1ccccc1.O=C1NC(Cc2ccccc2)CO1. The zero-order chi connectivity index (χ0) is 37.6. The Morgan fingerprint density at radius 3 is 1.58 bits per heavy atom. The van der Waals surface area contributed by atoms with Crippen LogP contribution in [0.3, 0.4) is 0 Å². The molecule has 0 radical (unpaired) electrons. The highest BCUT2D eigenvalue weighted by molar-refractivity contribution is 5.97. The minimum atomic E-state index is -1.42. The molecule has 3 heterocycles. The summed E-state index contributed by atoms with van der Waals surface area (Å²) >= 11 is 0. The molecule has 3 aliphatic rings. The number of ether oxygens (including phenoxy) is 3. The van der Waals surface area contributed by atoms with Crippen molar-refractivity contribution in [2.45, 2.75) is 70.7 Å². The number of nitrogens with zero attached hydrogens (tertiary/aromatic N) is 2. The van der Waals surface area contributed by atoms with Crippen molar-refractivity contribution in [1.82, 2.24) is 15.1 Å². The molecule has 3 aromatic carbocycles. The number of aliphatic hydroxyl groups excluding tert-OH is 1. The Balaban J connectivity index is 0.000000180. The van der Waals surface area contributed by atoms with E-state index < -0.39 is 41.9 Å². The highest BCUT2D eigenvalue weighted by Crippen LogP contribution is 2.22. The summed E-state index contributed by atoms with van der Waals surface area (Å²) in [6.45, 7) is 5.26. The Morgan fingerprint density at radius 2 is 1.15 bits per heavy atom. The molecule has 13 nitrogen and oxygen atoms in total. The third-order valence-electron chi connectivity index (χ3n) is 8.70. The van der Waals surface area contributed by atoms with E-state index in [2.05, 4.69) is 5.32 Å². The molecule has 0 bridgehead atoms. The number of benzene rings is 3. The standard InChI is InChI=1S/C16H19NO5.C13H15NO3.C10H11NO2/c1-10(14(19)11(2)18)15(20)17-13(9-22-16(17)21)8-12-6-4-3-5-7-12;1-2-12(15)14-11(9-17-13(14)16)8-10-6-4-3-5-7-10;12-10-11-9(7-13-10)6-8-4-2-1-3-5-8/h3-7,10,13-14,19H,8-9H2,1-2H3;3-7,11H,2,8-9H2,1H3;1-5,9H,6-7H2,(H,11,12). The monoisotopic (exact) mass is 715 g/mol. The molecule has 3 fully saturated rings. The van der Waals surface area contributed by atoms with Gasteiger partial charge in [0.2, 0.25) is 11.8 Å². The number of imide groups is 2. The normalized spacial score (nSPS) is 20.2. The molecular formula is C39H45N3O10. The molecule has 3 aliphatic heterocycles. The summed E-state index contributed by atoms with van der Waals surface area (Å²) in [5.41, 5.74) is 3.30. The topological polar surface area (TPSA) is 169 Å². The zero-order valence-corrected chi connectivity index (χ0v) is 29.5. The van der Waals surface area contributed by atoms with Crippen LogP contribution < -0.4 is 5.32 Å². The van der Waals surface area contributed by atoms with Crippen molar-refractivity contribution >= 4 is 35.9 Å². The Kier molecular flexibility index (Phi) is 14.5. The molecular weight excluding hydrogens is 670 g/mol. The molecule has 0 saturated carbocycles. The van der Waals surface area contributed by atoms with Gasteiger partial charge in [0, 0.05) is 6.42 Å². The summed E-state index contributed by atoms with van der Waals surface area (Å²) < 4.78 is 14.7. The van der Waals surface area contributed by atoms with E-state index in [1.807, 2.05) is 91.0 Å². The van der Waals surface area contributed by atoms with Gasteiger partial charge in [-0.15, -0.1) is 0 Å². The third-order valence-corrected chi connectivity index (χ3v) is 8.70. The number of nitrogens with one attached hydrogen (secondary N) is 1. The largest absolute Gasteiger partial charge is 0.447 e. The summed E-state index contributed by atoms with van der Waals surface area (Å²) in [5.74, 6) is -2.26. The first-order valence-corrected chi connectivity index (χ1v) is 17.2. The van der Waals surface area contributed by atoms with Gasteiger partial charge in [0.1, 0.15) is 25.9 Å². The molecule has 0 aliphatic carbocycles. The fourth-order valence-corrected chi connectivity index (χ4v) is 5.88. The van der Waals surface area contributed by atoms with E-state index in [1.54, 1.807) is 6.92 Å². The zero-order valence-electron chi connectivity index (χ0n) is 29.5. The maximum absolute atomic E-state index is 12.4. The van der Waals surface area contributed by atoms with E-state index in [0.29, 0.717) is 32.5 Å². The first-order valence-electron chi connectivity index (χ1n) is 17.2. The van der Waals surface area contributed by atoms with E-state index >= 15 is 0 Å². The van der Waals surface area contributed by atoms with E-state index in [0.717, 1.165) is 22.4 Å². The van der Waals surface area contributed by atoms with Gasteiger partial charge in [-0.05, 0) is 42.9 Å². The molecule has 13 heteroatoms. The van der Waals surface area contributed by atoms with Crippen LogP contribution in [0.2, 0.25) is 0 Å². The van der Waals surface area contributed by atoms with Crippen molar-refractivity contribution in [1.29, 1.82) is 0 Å². The number of carbonyl (C=O) groups is 6. The van der Waals surface area contributed by atoms with Gasteiger partial charge in [0.15, 0.2) is 5.78 Å². The number of aliphatic hydroxyl groups is 1. The second kappa shape index (κ2) is 19.2. The molecule has 276 valence electrons. The van der Waals surface area contributed by atoms with Gasteiger partial charge in [0.05, 0.1) is 24.0 Å².